The Morgan fingerprint density at radius 2 is 2.10 bits per heavy atom. The predicted octanol–water partition coefficient (Wildman–Crippen LogP) is -1.71. The number of carbonyl (C=O) groups is 1. The Balaban J connectivity index is 2.24. The van der Waals surface area contributed by atoms with Crippen LogP contribution < -0.4 is 0 Å². The van der Waals surface area contributed by atoms with Crippen molar-refractivity contribution in [3.05, 3.63) is 17.7 Å². The molecule has 0 spiro atoms. The lowest BCUT2D eigenvalue weighted by Gasteiger charge is -2.35. The number of aliphatic hydroxyl groups excluding tert-OH is 4. The minimum Gasteiger partial charge on any atom is -0.469 e. The van der Waals surface area contributed by atoms with Gasteiger partial charge in [0.2, 0.25) is 0 Å². The first-order valence-electron chi connectivity index (χ1n) is 6.29. The molecule has 0 aromatic carbocycles. The molecule has 1 aromatic rings. The molecule has 1 aliphatic rings. The Hall–Kier alpha value is -1.48. The largest absolute Gasteiger partial charge is 0.469 e. The second-order valence-electron chi connectivity index (χ2n) is 4.75. The lowest BCUT2D eigenvalue weighted by Crippen LogP contribution is -2.46. The molecular formula is C12H18N2O6. The van der Waals surface area contributed by atoms with Crippen LogP contribution in [0.3, 0.4) is 0 Å². The van der Waals surface area contributed by atoms with Crippen LogP contribution in [-0.2, 0) is 16.0 Å². The molecule has 1 aliphatic heterocycles. The number of methoxy groups -OCH3 is 1. The normalized spacial score (nSPS) is 29.1. The maximum absolute atomic E-state index is 11.1. The van der Waals surface area contributed by atoms with Crippen LogP contribution in [0.1, 0.15) is 30.1 Å². The van der Waals surface area contributed by atoms with Crippen LogP contribution in [0, 0.1) is 0 Å². The van der Waals surface area contributed by atoms with Gasteiger partial charge in [-0.25, -0.2) is 4.98 Å². The molecule has 4 atom stereocenters. The van der Waals surface area contributed by atoms with Crippen LogP contribution in [0.2, 0.25) is 0 Å². The van der Waals surface area contributed by atoms with Crippen LogP contribution in [0.5, 0.6) is 0 Å². The van der Waals surface area contributed by atoms with Gasteiger partial charge in [-0.2, -0.15) is 0 Å². The summed E-state index contributed by atoms with van der Waals surface area (Å²) in [6.07, 6.45) is -2.03. The molecule has 20 heavy (non-hydrogen) atoms. The zero-order valence-electron chi connectivity index (χ0n) is 11.0. The highest BCUT2D eigenvalue weighted by molar-refractivity contribution is 5.69. The molecule has 2 rings (SSSR count). The van der Waals surface area contributed by atoms with Crippen molar-refractivity contribution in [1.29, 1.82) is 0 Å². The van der Waals surface area contributed by atoms with Gasteiger partial charge in [-0.1, -0.05) is 0 Å². The van der Waals surface area contributed by atoms with Crippen molar-refractivity contribution in [3.8, 4) is 0 Å². The number of fused-ring (bicyclic) bond motifs is 1. The third-order valence-electron chi connectivity index (χ3n) is 3.50. The standard InChI is InChI=1S/C12H18N2O6/c1-20-8(16)3-2-6-4-14-7(5-15)9(17)10(18)11(19)12(14)13-6/h4,7,9-11,15,17-19H,2-3,5H2,1H3/t7-,9-,10+,11+/m1/s1. The number of nitrogens with zero attached hydrogens (tertiary/aromatic N) is 2. The van der Waals surface area contributed by atoms with Crippen molar-refractivity contribution in [2.75, 3.05) is 13.7 Å². The number of hydrogen-bond acceptors (Lipinski definition) is 7. The van der Waals surface area contributed by atoms with E-state index in [9.17, 15) is 25.2 Å². The van der Waals surface area contributed by atoms with Gasteiger partial charge >= 0.3 is 5.97 Å². The van der Waals surface area contributed by atoms with Crippen LogP contribution >= 0.6 is 0 Å². The molecule has 4 N–H and O–H groups in total. The van der Waals surface area contributed by atoms with Crippen molar-refractivity contribution in [3.63, 3.8) is 0 Å². The highest BCUT2D eigenvalue weighted by Crippen LogP contribution is 2.32. The highest BCUT2D eigenvalue weighted by Gasteiger charge is 2.41. The third-order valence-corrected chi connectivity index (χ3v) is 3.50. The minimum absolute atomic E-state index is 0.137. The van der Waals surface area contributed by atoms with Gasteiger partial charge < -0.3 is 29.7 Å². The van der Waals surface area contributed by atoms with Crippen molar-refractivity contribution in [2.24, 2.45) is 0 Å². The van der Waals surface area contributed by atoms with Crippen molar-refractivity contribution >= 4 is 5.97 Å². The average molecular weight is 286 g/mol. The number of aryl methyl sites for hydroxylation is 1. The van der Waals surface area contributed by atoms with Crippen LogP contribution in [0.25, 0.3) is 0 Å². The number of rotatable bonds is 4. The molecule has 0 radical (unpaired) electrons. The SMILES string of the molecule is COC(=O)CCc1cn2c(n1)[C@@H](O)[C@@H](O)[C@H](O)[C@H]2CO. The monoisotopic (exact) mass is 286 g/mol. The molecule has 0 saturated carbocycles. The Kier molecular flexibility index (Phi) is 4.39. The van der Waals surface area contributed by atoms with Gasteiger partial charge in [0.05, 0.1) is 31.9 Å². The minimum atomic E-state index is -1.41. The summed E-state index contributed by atoms with van der Waals surface area (Å²) in [6.45, 7) is -0.398. The summed E-state index contributed by atoms with van der Waals surface area (Å²) in [5.41, 5.74) is 0.518. The number of ether oxygens (including phenoxy) is 1. The second-order valence-corrected chi connectivity index (χ2v) is 4.75. The Labute approximate surface area is 115 Å². The van der Waals surface area contributed by atoms with E-state index in [2.05, 4.69) is 9.72 Å². The van der Waals surface area contributed by atoms with Crippen LogP contribution in [-0.4, -0.2) is 61.9 Å². The van der Waals surface area contributed by atoms with Gasteiger partial charge in [-0.15, -0.1) is 0 Å². The zero-order chi connectivity index (χ0) is 14.9. The third kappa shape index (κ3) is 2.55. The Morgan fingerprint density at radius 3 is 2.70 bits per heavy atom. The van der Waals surface area contributed by atoms with Gasteiger partial charge in [0.15, 0.2) is 0 Å². The molecule has 8 heteroatoms. The van der Waals surface area contributed by atoms with Gasteiger partial charge in [-0.05, 0) is 0 Å². The molecule has 1 aromatic heterocycles. The predicted molar refractivity (Wildman–Crippen MR) is 65.7 cm³/mol. The highest BCUT2D eigenvalue weighted by atomic mass is 16.5. The van der Waals surface area contributed by atoms with E-state index in [-0.39, 0.29) is 18.2 Å². The van der Waals surface area contributed by atoms with Crippen LogP contribution in [0.15, 0.2) is 6.20 Å². The summed E-state index contributed by atoms with van der Waals surface area (Å²) in [7, 11) is 1.29. The van der Waals surface area contributed by atoms with E-state index in [1.54, 1.807) is 6.20 Å². The Bertz CT molecular complexity index is 488. The van der Waals surface area contributed by atoms with Crippen molar-refractivity contribution < 1.29 is 30.0 Å². The smallest absolute Gasteiger partial charge is 0.305 e. The van der Waals surface area contributed by atoms with E-state index >= 15 is 0 Å². The second kappa shape index (κ2) is 5.88. The summed E-state index contributed by atoms with van der Waals surface area (Å²) in [5.74, 6) is -0.211. The quantitative estimate of drug-likeness (QED) is 0.486. The van der Waals surface area contributed by atoms with Crippen LogP contribution in [0.4, 0.5) is 0 Å². The summed E-state index contributed by atoms with van der Waals surface area (Å²) < 4.78 is 5.97. The number of carbonyl (C=O) groups excluding carboxylic acids is 1. The van der Waals surface area contributed by atoms with E-state index in [4.69, 9.17) is 0 Å². The first-order chi connectivity index (χ1) is 9.49. The average Bonchev–Trinajstić information content (AvgIpc) is 2.87. The lowest BCUT2D eigenvalue weighted by atomic mass is 9.96. The fourth-order valence-electron chi connectivity index (χ4n) is 2.33. The number of esters is 1. The van der Waals surface area contributed by atoms with Gasteiger partial charge in [-0.3, -0.25) is 4.79 Å². The molecule has 0 fully saturated rings. The van der Waals surface area contributed by atoms with E-state index in [1.165, 1.54) is 11.7 Å². The van der Waals surface area contributed by atoms with Gasteiger partial charge in [0.1, 0.15) is 24.1 Å². The first-order valence-corrected chi connectivity index (χ1v) is 6.29. The number of aliphatic hydroxyl groups is 4. The van der Waals surface area contributed by atoms with E-state index in [1.807, 2.05) is 0 Å². The lowest BCUT2D eigenvalue weighted by molar-refractivity contribution is -0.140. The van der Waals surface area contributed by atoms with E-state index < -0.39 is 31.0 Å². The summed E-state index contributed by atoms with van der Waals surface area (Å²) in [4.78, 5) is 15.2. The molecule has 0 amide bonds. The fourth-order valence-corrected chi connectivity index (χ4v) is 2.33. The number of imidazole rings is 1. The van der Waals surface area contributed by atoms with Crippen molar-refractivity contribution in [1.82, 2.24) is 9.55 Å². The molecule has 0 unspecified atom stereocenters. The van der Waals surface area contributed by atoms with E-state index in [0.717, 1.165) is 0 Å². The van der Waals surface area contributed by atoms with Gasteiger partial charge in [0, 0.05) is 12.6 Å². The van der Waals surface area contributed by atoms with Gasteiger partial charge in [0.25, 0.3) is 0 Å². The number of aromatic nitrogens is 2. The van der Waals surface area contributed by atoms with Crippen molar-refractivity contribution in [2.45, 2.75) is 37.2 Å². The Morgan fingerprint density at radius 1 is 1.40 bits per heavy atom. The molecule has 2 heterocycles. The maximum atomic E-state index is 11.1. The summed E-state index contributed by atoms with van der Waals surface area (Å²) in [5, 5.41) is 38.7. The van der Waals surface area contributed by atoms with E-state index in [0.29, 0.717) is 12.1 Å². The molecule has 0 aliphatic carbocycles. The zero-order valence-corrected chi connectivity index (χ0v) is 11.0. The number of hydrogen-bond donors (Lipinski definition) is 4. The molecular weight excluding hydrogens is 268 g/mol. The molecule has 0 saturated heterocycles. The topological polar surface area (TPSA) is 125 Å². The molecule has 0 bridgehead atoms. The first kappa shape index (κ1) is 14.9. The maximum Gasteiger partial charge on any atom is 0.305 e. The molecule has 112 valence electrons. The molecule has 8 nitrogen and oxygen atoms in total. The summed E-state index contributed by atoms with van der Waals surface area (Å²) >= 11 is 0. The fraction of sp³-hybridized carbons (Fsp3) is 0.667. The summed E-state index contributed by atoms with van der Waals surface area (Å²) in [6, 6.07) is -0.775.